The molecule has 1 amide bonds. The van der Waals surface area contributed by atoms with Crippen LogP contribution in [0.3, 0.4) is 0 Å². The van der Waals surface area contributed by atoms with E-state index in [-0.39, 0.29) is 4.90 Å². The average molecular weight is 304 g/mol. The fourth-order valence-corrected chi connectivity index (χ4v) is 3.05. The molecule has 110 valence electrons. The van der Waals surface area contributed by atoms with Crippen molar-refractivity contribution in [3.63, 3.8) is 0 Å². The highest BCUT2D eigenvalue weighted by Gasteiger charge is 2.21. The van der Waals surface area contributed by atoms with Crippen LogP contribution in [0.4, 0.5) is 0 Å². The van der Waals surface area contributed by atoms with E-state index in [0.29, 0.717) is 16.7 Å². The second kappa shape index (κ2) is 5.67. The van der Waals surface area contributed by atoms with Crippen LogP contribution in [-0.2, 0) is 10.0 Å². The number of nitrogens with two attached hydrogens (primary N) is 1. The molecule has 0 bridgehead atoms. The number of benzene rings is 2. The smallest absolute Gasteiger partial charge is 0.248 e. The molecule has 0 fully saturated rings. The van der Waals surface area contributed by atoms with E-state index in [1.165, 1.54) is 18.4 Å². The number of amides is 1. The monoisotopic (exact) mass is 304 g/mol. The first-order valence-electron chi connectivity index (χ1n) is 6.26. The van der Waals surface area contributed by atoms with Gasteiger partial charge in [0.25, 0.3) is 0 Å². The highest BCUT2D eigenvalue weighted by atomic mass is 32.2. The number of nitrogens with zero attached hydrogens (tertiary/aromatic N) is 1. The van der Waals surface area contributed by atoms with Crippen LogP contribution in [-0.4, -0.2) is 32.7 Å². The largest absolute Gasteiger partial charge is 0.366 e. The molecule has 0 saturated carbocycles. The molecule has 2 N–H and O–H groups in total. The summed E-state index contributed by atoms with van der Waals surface area (Å²) < 4.78 is 25.9. The molecule has 0 aliphatic rings. The number of rotatable bonds is 4. The molecule has 0 radical (unpaired) electrons. The quantitative estimate of drug-likeness (QED) is 0.933. The predicted octanol–water partition coefficient (Wildman–Crippen LogP) is 1.70. The summed E-state index contributed by atoms with van der Waals surface area (Å²) in [4.78, 5) is 11.3. The molecule has 0 aromatic heterocycles. The summed E-state index contributed by atoms with van der Waals surface area (Å²) in [5.41, 5.74) is 6.88. The molecule has 5 nitrogen and oxygen atoms in total. The molecular weight excluding hydrogens is 288 g/mol. The summed E-state index contributed by atoms with van der Waals surface area (Å²) >= 11 is 0. The first-order valence-corrected chi connectivity index (χ1v) is 7.70. The van der Waals surface area contributed by atoms with E-state index in [1.807, 2.05) is 0 Å². The van der Waals surface area contributed by atoms with Crippen molar-refractivity contribution >= 4 is 15.9 Å². The maximum absolute atomic E-state index is 12.4. The summed E-state index contributed by atoms with van der Waals surface area (Å²) in [5.74, 6) is -0.518. The van der Waals surface area contributed by atoms with Gasteiger partial charge in [0, 0.05) is 25.2 Å². The Bertz CT molecular complexity index is 766. The third kappa shape index (κ3) is 2.96. The predicted molar refractivity (Wildman–Crippen MR) is 81.3 cm³/mol. The fourth-order valence-electron chi connectivity index (χ4n) is 1.94. The van der Waals surface area contributed by atoms with Crippen LogP contribution in [0.25, 0.3) is 11.1 Å². The summed E-state index contributed by atoms with van der Waals surface area (Å²) in [7, 11) is -0.564. The molecule has 0 atom stereocenters. The lowest BCUT2D eigenvalue weighted by Gasteiger charge is -2.15. The highest BCUT2D eigenvalue weighted by Crippen LogP contribution is 2.28. The molecule has 0 unspecified atom stereocenters. The number of hydrogen-bond acceptors (Lipinski definition) is 3. The third-order valence-corrected chi connectivity index (χ3v) is 5.00. The first kappa shape index (κ1) is 15.2. The molecule has 0 saturated heterocycles. The molecule has 2 aromatic rings. The van der Waals surface area contributed by atoms with E-state index in [9.17, 15) is 13.2 Å². The molecule has 0 spiro atoms. The Morgan fingerprint density at radius 3 is 2.10 bits per heavy atom. The van der Waals surface area contributed by atoms with Crippen molar-refractivity contribution in [2.45, 2.75) is 4.90 Å². The second-order valence-corrected chi connectivity index (χ2v) is 6.85. The van der Waals surface area contributed by atoms with Crippen LogP contribution in [0.1, 0.15) is 10.4 Å². The van der Waals surface area contributed by atoms with Gasteiger partial charge in [0.2, 0.25) is 15.9 Å². The van der Waals surface area contributed by atoms with Crippen molar-refractivity contribution in [3.05, 3.63) is 54.1 Å². The van der Waals surface area contributed by atoms with Gasteiger partial charge in [0.05, 0.1) is 4.90 Å². The number of hydrogen-bond donors (Lipinski definition) is 1. The number of primary amides is 1. The van der Waals surface area contributed by atoms with Crippen LogP contribution in [0.5, 0.6) is 0 Å². The van der Waals surface area contributed by atoms with Gasteiger partial charge in [-0.15, -0.1) is 0 Å². The number of carbonyl (C=O) groups excluding carboxylic acids is 1. The molecule has 2 aromatic carbocycles. The summed E-state index contributed by atoms with van der Waals surface area (Å²) in [5, 5.41) is 0. The van der Waals surface area contributed by atoms with Crippen LogP contribution < -0.4 is 5.73 Å². The van der Waals surface area contributed by atoms with Crippen molar-refractivity contribution in [1.82, 2.24) is 4.31 Å². The van der Waals surface area contributed by atoms with E-state index in [4.69, 9.17) is 5.73 Å². The molecule has 2 rings (SSSR count). The minimum absolute atomic E-state index is 0.224. The standard InChI is InChI=1S/C15H16N2O3S/c1-17(2)21(19,20)14-6-4-3-5-13(14)11-7-9-12(10-8-11)15(16)18/h3-10H,1-2H3,(H2,16,18). The van der Waals surface area contributed by atoms with Gasteiger partial charge in [0.15, 0.2) is 0 Å². The summed E-state index contributed by atoms with van der Waals surface area (Å²) in [6, 6.07) is 13.3. The van der Waals surface area contributed by atoms with E-state index in [1.54, 1.807) is 48.5 Å². The van der Waals surface area contributed by atoms with E-state index in [0.717, 1.165) is 0 Å². The summed E-state index contributed by atoms with van der Waals surface area (Å²) in [6.45, 7) is 0. The Labute approximate surface area is 124 Å². The number of carbonyl (C=O) groups is 1. The first-order chi connectivity index (χ1) is 9.84. The van der Waals surface area contributed by atoms with Crippen molar-refractivity contribution in [1.29, 1.82) is 0 Å². The molecule has 0 aliphatic heterocycles. The van der Waals surface area contributed by atoms with E-state index >= 15 is 0 Å². The maximum Gasteiger partial charge on any atom is 0.248 e. The van der Waals surface area contributed by atoms with Crippen molar-refractivity contribution in [3.8, 4) is 11.1 Å². The van der Waals surface area contributed by atoms with Gasteiger partial charge in [-0.1, -0.05) is 30.3 Å². The SMILES string of the molecule is CN(C)S(=O)(=O)c1ccccc1-c1ccc(C(N)=O)cc1. The Hall–Kier alpha value is -2.18. The van der Waals surface area contributed by atoms with Gasteiger partial charge in [-0.3, -0.25) is 4.79 Å². The Morgan fingerprint density at radius 1 is 1.00 bits per heavy atom. The third-order valence-electron chi connectivity index (χ3n) is 3.13. The maximum atomic E-state index is 12.4. The van der Waals surface area contributed by atoms with Gasteiger partial charge in [-0.25, -0.2) is 12.7 Å². The van der Waals surface area contributed by atoms with Crippen LogP contribution in [0.2, 0.25) is 0 Å². The average Bonchev–Trinajstić information content (AvgIpc) is 2.47. The summed E-state index contributed by atoms with van der Waals surface area (Å²) in [6.07, 6.45) is 0. The van der Waals surface area contributed by atoms with Crippen molar-refractivity contribution < 1.29 is 13.2 Å². The Kier molecular flexibility index (Phi) is 4.11. The Balaban J connectivity index is 2.58. The van der Waals surface area contributed by atoms with Crippen molar-refractivity contribution in [2.75, 3.05) is 14.1 Å². The lowest BCUT2D eigenvalue weighted by Crippen LogP contribution is -2.22. The van der Waals surface area contributed by atoms with Gasteiger partial charge < -0.3 is 5.73 Å². The normalized spacial score (nSPS) is 11.6. The van der Waals surface area contributed by atoms with Crippen LogP contribution in [0, 0.1) is 0 Å². The van der Waals surface area contributed by atoms with Gasteiger partial charge in [-0.05, 0) is 23.8 Å². The topological polar surface area (TPSA) is 80.5 Å². The van der Waals surface area contributed by atoms with Crippen molar-refractivity contribution in [2.24, 2.45) is 5.73 Å². The molecular formula is C15H16N2O3S. The lowest BCUT2D eigenvalue weighted by atomic mass is 10.0. The molecule has 0 heterocycles. The van der Waals surface area contributed by atoms with Gasteiger partial charge in [-0.2, -0.15) is 0 Å². The second-order valence-electron chi connectivity index (χ2n) is 4.73. The van der Waals surface area contributed by atoms with E-state index < -0.39 is 15.9 Å². The van der Waals surface area contributed by atoms with Gasteiger partial charge >= 0.3 is 0 Å². The minimum Gasteiger partial charge on any atom is -0.366 e. The molecule has 21 heavy (non-hydrogen) atoms. The molecule has 0 aliphatic carbocycles. The minimum atomic E-state index is -3.54. The van der Waals surface area contributed by atoms with Crippen LogP contribution >= 0.6 is 0 Å². The van der Waals surface area contributed by atoms with E-state index in [2.05, 4.69) is 0 Å². The zero-order valence-electron chi connectivity index (χ0n) is 11.8. The fraction of sp³-hybridized carbons (Fsp3) is 0.133. The van der Waals surface area contributed by atoms with Crippen LogP contribution in [0.15, 0.2) is 53.4 Å². The lowest BCUT2D eigenvalue weighted by molar-refractivity contribution is 0.100. The molecule has 6 heteroatoms. The van der Waals surface area contributed by atoms with Gasteiger partial charge in [0.1, 0.15) is 0 Å². The zero-order chi connectivity index (χ0) is 15.6. The number of sulfonamides is 1. The zero-order valence-corrected chi connectivity index (χ0v) is 12.6. The highest BCUT2D eigenvalue weighted by molar-refractivity contribution is 7.89. The Morgan fingerprint density at radius 2 is 1.57 bits per heavy atom.